The second-order valence-electron chi connectivity index (χ2n) is 11.8. The maximum Gasteiger partial charge on any atom is 0.310 e. The van der Waals surface area contributed by atoms with E-state index in [0.717, 1.165) is 17.4 Å². The van der Waals surface area contributed by atoms with Crippen LogP contribution in [0.4, 0.5) is 19.0 Å². The third kappa shape index (κ3) is 10.3. The van der Waals surface area contributed by atoms with E-state index < -0.39 is 72.3 Å². The Kier molecular flexibility index (Phi) is 12.7. The first-order chi connectivity index (χ1) is 25.1. The molecule has 52 heavy (non-hydrogen) atoms. The lowest BCUT2D eigenvalue weighted by molar-refractivity contribution is -0.168. The number of anilines is 1. The number of halogens is 3. The molecule has 3 heterocycles. The summed E-state index contributed by atoms with van der Waals surface area (Å²) < 4.78 is 64.4. The molecular weight excluding hydrogens is 683 g/mol. The highest BCUT2D eigenvalue weighted by Gasteiger charge is 2.50. The van der Waals surface area contributed by atoms with Crippen LogP contribution in [0, 0.1) is 28.9 Å². The van der Waals surface area contributed by atoms with Crippen molar-refractivity contribution < 1.29 is 46.5 Å². The van der Waals surface area contributed by atoms with Gasteiger partial charge in [0.05, 0.1) is 25.3 Å². The molecule has 0 spiro atoms. The number of carbonyl (C=O) groups is 3. The minimum atomic E-state index is -1.39. The quantitative estimate of drug-likeness (QED) is 0.165. The van der Waals surface area contributed by atoms with Crippen molar-refractivity contribution in [2.45, 2.75) is 50.1 Å². The highest BCUT2D eigenvalue weighted by atomic mass is 19.1. The topological polar surface area (TPSA) is 154 Å². The number of ether oxygens (including phenoxy) is 4. The lowest BCUT2D eigenvalue weighted by Gasteiger charge is -2.24. The number of esters is 3. The SMILES string of the molecule is CNc1ncnn2cccc12.N#CC1O[C@H](COC(=O)Cc2cccc(F)c2)C(OC(=O)Cc2cccc(F)c2)C1OC(=O)CC1C=CC=C(F)C1. The summed E-state index contributed by atoms with van der Waals surface area (Å²) in [6.45, 7) is -0.473. The fraction of sp³-hybridized carbons (Fsp3) is 0.297. The first-order valence-electron chi connectivity index (χ1n) is 16.2. The second kappa shape index (κ2) is 17.8. The number of hydrogen-bond acceptors (Lipinski definition) is 11. The lowest BCUT2D eigenvalue weighted by atomic mass is 9.96. The van der Waals surface area contributed by atoms with Crippen molar-refractivity contribution in [3.8, 4) is 6.07 Å². The molecule has 6 rings (SSSR count). The van der Waals surface area contributed by atoms with Gasteiger partial charge < -0.3 is 24.3 Å². The third-order valence-corrected chi connectivity index (χ3v) is 7.97. The Morgan fingerprint density at radius 1 is 0.962 bits per heavy atom. The van der Waals surface area contributed by atoms with Crippen LogP contribution in [0.15, 0.2) is 97.2 Å². The Bertz CT molecular complexity index is 2000. The van der Waals surface area contributed by atoms with Crippen LogP contribution in [-0.2, 0) is 46.2 Å². The van der Waals surface area contributed by atoms with E-state index in [1.165, 1.54) is 60.9 Å². The largest absolute Gasteiger partial charge is 0.463 e. The molecule has 4 unspecified atom stereocenters. The van der Waals surface area contributed by atoms with Crippen LogP contribution >= 0.6 is 0 Å². The number of rotatable bonds is 11. The van der Waals surface area contributed by atoms with Crippen LogP contribution in [0.3, 0.4) is 0 Å². The van der Waals surface area contributed by atoms with E-state index in [4.69, 9.17) is 18.9 Å². The van der Waals surface area contributed by atoms with Crippen LogP contribution in [0.5, 0.6) is 0 Å². The molecule has 5 atom stereocenters. The fourth-order valence-electron chi connectivity index (χ4n) is 5.60. The van der Waals surface area contributed by atoms with Crippen LogP contribution in [0.1, 0.15) is 24.0 Å². The fourth-order valence-corrected chi connectivity index (χ4v) is 5.60. The molecule has 0 bridgehead atoms. The number of hydrogen-bond donors (Lipinski definition) is 1. The van der Waals surface area contributed by atoms with Crippen molar-refractivity contribution in [1.29, 1.82) is 5.26 Å². The van der Waals surface area contributed by atoms with Gasteiger partial charge in [0.1, 0.15) is 42.0 Å². The average Bonchev–Trinajstić information content (AvgIpc) is 3.72. The van der Waals surface area contributed by atoms with Crippen molar-refractivity contribution in [1.82, 2.24) is 14.6 Å². The molecule has 4 aromatic rings. The molecule has 1 fully saturated rings. The molecule has 15 heteroatoms. The van der Waals surface area contributed by atoms with Gasteiger partial charge in [-0.15, -0.1) is 0 Å². The molecule has 1 N–H and O–H groups in total. The summed E-state index contributed by atoms with van der Waals surface area (Å²) in [5.74, 6) is -3.44. The van der Waals surface area contributed by atoms with E-state index in [0.29, 0.717) is 11.1 Å². The van der Waals surface area contributed by atoms with Crippen molar-refractivity contribution in [3.63, 3.8) is 0 Å². The molecule has 2 aromatic heterocycles. The molecule has 1 saturated heterocycles. The molecule has 2 aromatic carbocycles. The van der Waals surface area contributed by atoms with Gasteiger partial charge in [-0.25, -0.2) is 22.7 Å². The summed E-state index contributed by atoms with van der Waals surface area (Å²) in [6.07, 6.45) is 1.72. The molecule has 2 aliphatic rings. The van der Waals surface area contributed by atoms with Gasteiger partial charge in [-0.05, 0) is 59.5 Å². The minimum absolute atomic E-state index is 0.00435. The van der Waals surface area contributed by atoms with Crippen LogP contribution in [-0.4, -0.2) is 70.6 Å². The first kappa shape index (κ1) is 37.3. The molecule has 1 aliphatic carbocycles. The number of benzene rings is 2. The van der Waals surface area contributed by atoms with E-state index in [-0.39, 0.29) is 25.7 Å². The molecule has 1 aliphatic heterocycles. The number of nitrogens with one attached hydrogen (secondary N) is 1. The standard InChI is InChI=1S/C30H26F3NO7.C7H8N4/c31-21-7-1-4-18(10-21)13-26(35)38-17-25-30(41-28(37)15-20-6-3-9-23(33)12-20)29(24(16-34)39-25)40-27(36)14-19-5-2-8-22(32)11-19;1-8-7-6-3-2-4-11(6)10-5-9-7/h1-10,12,19,24-25,29-30H,11,13-15,17H2;2-5H,1H3,(H,8,9,10)/t19?,24?,25-,29?,30?;/m1./s1. The first-order valence-corrected chi connectivity index (χ1v) is 16.2. The second-order valence-corrected chi connectivity index (χ2v) is 11.8. The molecule has 0 radical (unpaired) electrons. The Labute approximate surface area is 296 Å². The zero-order valence-electron chi connectivity index (χ0n) is 27.9. The highest BCUT2D eigenvalue weighted by molar-refractivity contribution is 5.74. The number of fused-ring (bicyclic) bond motifs is 1. The van der Waals surface area contributed by atoms with Crippen molar-refractivity contribution in [3.05, 3.63) is 120 Å². The summed E-state index contributed by atoms with van der Waals surface area (Å²) in [4.78, 5) is 42.0. The van der Waals surface area contributed by atoms with E-state index in [1.807, 2.05) is 31.4 Å². The van der Waals surface area contributed by atoms with Crippen molar-refractivity contribution >= 4 is 29.2 Å². The minimum Gasteiger partial charge on any atom is -0.463 e. The summed E-state index contributed by atoms with van der Waals surface area (Å²) >= 11 is 0. The molecule has 0 amide bonds. The number of aromatic nitrogens is 3. The van der Waals surface area contributed by atoms with Crippen molar-refractivity contribution in [2.24, 2.45) is 5.92 Å². The van der Waals surface area contributed by atoms with Gasteiger partial charge in [-0.3, -0.25) is 14.4 Å². The maximum atomic E-state index is 13.6. The maximum absolute atomic E-state index is 13.6. The zero-order chi connectivity index (χ0) is 37.0. The zero-order valence-corrected chi connectivity index (χ0v) is 27.9. The summed E-state index contributed by atoms with van der Waals surface area (Å²) in [5.41, 5.74) is 1.68. The lowest BCUT2D eigenvalue weighted by Crippen LogP contribution is -2.42. The Morgan fingerprint density at radius 2 is 1.65 bits per heavy atom. The van der Waals surface area contributed by atoms with Crippen molar-refractivity contribution in [2.75, 3.05) is 19.0 Å². The average molecular weight is 718 g/mol. The van der Waals surface area contributed by atoms with Gasteiger partial charge in [-0.2, -0.15) is 10.4 Å². The monoisotopic (exact) mass is 717 g/mol. The van der Waals surface area contributed by atoms with Gasteiger partial charge in [-0.1, -0.05) is 36.4 Å². The summed E-state index contributed by atoms with van der Waals surface area (Å²) in [7, 11) is 1.84. The summed E-state index contributed by atoms with van der Waals surface area (Å²) in [6, 6.07) is 16.4. The van der Waals surface area contributed by atoms with E-state index in [1.54, 1.807) is 10.6 Å². The number of nitrogens with zero attached hydrogens (tertiary/aromatic N) is 4. The van der Waals surface area contributed by atoms with E-state index in [9.17, 15) is 32.8 Å². The normalized spacial score (nSPS) is 20.5. The molecule has 270 valence electrons. The van der Waals surface area contributed by atoms with Crippen LogP contribution in [0.2, 0.25) is 0 Å². The molecule has 0 saturated carbocycles. The molecule has 12 nitrogen and oxygen atoms in total. The summed E-state index contributed by atoms with van der Waals surface area (Å²) in [5, 5.41) is 16.7. The predicted molar refractivity (Wildman–Crippen MR) is 179 cm³/mol. The van der Waals surface area contributed by atoms with E-state index in [2.05, 4.69) is 15.4 Å². The number of allylic oxidation sites excluding steroid dienone is 4. The van der Waals surface area contributed by atoms with Gasteiger partial charge in [0.15, 0.2) is 24.1 Å². The Balaban J connectivity index is 0.000000401. The van der Waals surface area contributed by atoms with Gasteiger partial charge in [0.2, 0.25) is 0 Å². The Hall–Kier alpha value is -6.01. The van der Waals surface area contributed by atoms with Crippen LogP contribution < -0.4 is 5.32 Å². The smallest absolute Gasteiger partial charge is 0.310 e. The van der Waals surface area contributed by atoms with Gasteiger partial charge >= 0.3 is 17.9 Å². The van der Waals surface area contributed by atoms with Gasteiger partial charge in [0, 0.05) is 19.7 Å². The predicted octanol–water partition coefficient (Wildman–Crippen LogP) is 5.00. The van der Waals surface area contributed by atoms with Crippen LogP contribution in [0.25, 0.3) is 5.52 Å². The highest BCUT2D eigenvalue weighted by Crippen LogP contribution is 2.30. The number of nitriles is 1. The number of carbonyl (C=O) groups excluding carboxylic acids is 3. The molecular formula is C37H34F3N5O7. The Morgan fingerprint density at radius 3 is 2.31 bits per heavy atom. The van der Waals surface area contributed by atoms with E-state index >= 15 is 0 Å². The van der Waals surface area contributed by atoms with Gasteiger partial charge in [0.25, 0.3) is 0 Å². The third-order valence-electron chi connectivity index (χ3n) is 7.97.